The molecular formula is C21H24N2O2S. The monoisotopic (exact) mass is 368 g/mol. The van der Waals surface area contributed by atoms with Crippen LogP contribution in [0.5, 0.6) is 0 Å². The normalized spacial score (nSPS) is 12.0. The van der Waals surface area contributed by atoms with Crippen LogP contribution in [-0.4, -0.2) is 23.7 Å². The summed E-state index contributed by atoms with van der Waals surface area (Å²) < 4.78 is 8.77. The smallest absolute Gasteiger partial charge is 0.252 e. The Hall–Kier alpha value is -2.24. The number of aryl methyl sites for hydroxylation is 2. The fourth-order valence-electron chi connectivity index (χ4n) is 2.84. The van der Waals surface area contributed by atoms with Gasteiger partial charge in [-0.1, -0.05) is 41.7 Å². The SMILES string of the molecule is CCOCCn1c(=NC(=O)Cc2ccccc2)sc2cc(C)c(C)cc21. The van der Waals surface area contributed by atoms with Gasteiger partial charge in [0.05, 0.1) is 23.2 Å². The molecule has 0 fully saturated rings. The van der Waals surface area contributed by atoms with Gasteiger partial charge in [-0.3, -0.25) is 4.79 Å². The summed E-state index contributed by atoms with van der Waals surface area (Å²) in [6, 6.07) is 14.1. The number of benzene rings is 2. The van der Waals surface area contributed by atoms with Crippen LogP contribution in [0.15, 0.2) is 47.5 Å². The zero-order valence-corrected chi connectivity index (χ0v) is 16.3. The molecule has 1 amide bonds. The van der Waals surface area contributed by atoms with Crippen molar-refractivity contribution in [2.45, 2.75) is 33.7 Å². The maximum atomic E-state index is 12.5. The molecule has 2 aromatic carbocycles. The Morgan fingerprint density at radius 1 is 1.15 bits per heavy atom. The molecule has 0 saturated carbocycles. The van der Waals surface area contributed by atoms with E-state index in [4.69, 9.17) is 4.74 Å². The van der Waals surface area contributed by atoms with Crippen molar-refractivity contribution in [3.63, 3.8) is 0 Å². The first-order chi connectivity index (χ1) is 12.6. The number of carbonyl (C=O) groups is 1. The number of carbonyl (C=O) groups excluding carboxylic acids is 1. The third-order valence-corrected chi connectivity index (χ3v) is 5.42. The van der Waals surface area contributed by atoms with Crippen LogP contribution in [0, 0.1) is 13.8 Å². The summed E-state index contributed by atoms with van der Waals surface area (Å²) in [5, 5.41) is 0. The Morgan fingerprint density at radius 3 is 2.62 bits per heavy atom. The molecule has 0 aliphatic rings. The Morgan fingerprint density at radius 2 is 1.88 bits per heavy atom. The Labute approximate surface area is 157 Å². The van der Waals surface area contributed by atoms with Crippen molar-refractivity contribution < 1.29 is 9.53 Å². The summed E-state index contributed by atoms with van der Waals surface area (Å²) in [5.41, 5.74) is 4.58. The second-order valence-electron chi connectivity index (χ2n) is 6.31. The molecule has 0 unspecified atom stereocenters. The van der Waals surface area contributed by atoms with Crippen molar-refractivity contribution in [2.75, 3.05) is 13.2 Å². The molecule has 0 saturated heterocycles. The minimum absolute atomic E-state index is 0.124. The van der Waals surface area contributed by atoms with Crippen LogP contribution in [0.2, 0.25) is 0 Å². The lowest BCUT2D eigenvalue weighted by Crippen LogP contribution is -2.20. The van der Waals surface area contributed by atoms with E-state index >= 15 is 0 Å². The lowest BCUT2D eigenvalue weighted by atomic mass is 10.1. The first kappa shape index (κ1) is 18.5. The zero-order valence-electron chi connectivity index (χ0n) is 15.5. The number of rotatable bonds is 6. The van der Waals surface area contributed by atoms with Gasteiger partial charge in [-0.25, -0.2) is 0 Å². The fraction of sp³-hybridized carbons (Fsp3) is 0.333. The van der Waals surface area contributed by atoms with Gasteiger partial charge in [0.15, 0.2) is 4.80 Å². The minimum Gasteiger partial charge on any atom is -0.380 e. The third kappa shape index (κ3) is 4.29. The number of aromatic nitrogens is 1. The van der Waals surface area contributed by atoms with Crippen LogP contribution < -0.4 is 4.80 Å². The van der Waals surface area contributed by atoms with Crippen molar-refractivity contribution in [1.82, 2.24) is 4.57 Å². The highest BCUT2D eigenvalue weighted by atomic mass is 32.1. The minimum atomic E-state index is -0.124. The van der Waals surface area contributed by atoms with Crippen molar-refractivity contribution in [3.8, 4) is 0 Å². The molecule has 3 aromatic rings. The number of amides is 1. The van der Waals surface area contributed by atoms with E-state index in [2.05, 4.69) is 35.5 Å². The fourth-order valence-corrected chi connectivity index (χ4v) is 3.99. The first-order valence-corrected chi connectivity index (χ1v) is 9.70. The van der Waals surface area contributed by atoms with Gasteiger partial charge in [0.1, 0.15) is 0 Å². The molecule has 0 N–H and O–H groups in total. The van der Waals surface area contributed by atoms with Gasteiger partial charge >= 0.3 is 0 Å². The average molecular weight is 369 g/mol. The molecule has 0 aliphatic carbocycles. The molecule has 26 heavy (non-hydrogen) atoms. The first-order valence-electron chi connectivity index (χ1n) is 8.88. The molecule has 1 heterocycles. The molecule has 4 nitrogen and oxygen atoms in total. The van der Waals surface area contributed by atoms with Crippen LogP contribution in [0.25, 0.3) is 10.2 Å². The molecular weight excluding hydrogens is 344 g/mol. The standard InChI is InChI=1S/C21H24N2O2S/c1-4-25-11-10-23-18-12-15(2)16(3)13-19(18)26-21(23)22-20(24)14-17-8-6-5-7-9-17/h5-9,12-13H,4,10-11,14H2,1-3H3. The lowest BCUT2D eigenvalue weighted by molar-refractivity contribution is -0.117. The Balaban J connectivity index is 1.99. The molecule has 0 atom stereocenters. The summed E-state index contributed by atoms with van der Waals surface area (Å²) in [6.07, 6.45) is 0.318. The molecule has 0 radical (unpaired) electrons. The summed E-state index contributed by atoms with van der Waals surface area (Å²) in [6.45, 7) is 8.18. The number of fused-ring (bicyclic) bond motifs is 1. The van der Waals surface area contributed by atoms with Gasteiger partial charge in [0.2, 0.25) is 0 Å². The second-order valence-corrected chi connectivity index (χ2v) is 7.31. The number of ether oxygens (including phenoxy) is 1. The lowest BCUT2D eigenvalue weighted by Gasteiger charge is -2.07. The van der Waals surface area contributed by atoms with E-state index in [0.717, 1.165) is 20.6 Å². The molecule has 0 bridgehead atoms. The highest BCUT2D eigenvalue weighted by Gasteiger charge is 2.10. The molecule has 5 heteroatoms. The summed E-state index contributed by atoms with van der Waals surface area (Å²) in [7, 11) is 0. The number of hydrogen-bond donors (Lipinski definition) is 0. The highest BCUT2D eigenvalue weighted by Crippen LogP contribution is 2.22. The maximum Gasteiger partial charge on any atom is 0.252 e. The zero-order chi connectivity index (χ0) is 18.5. The van der Waals surface area contributed by atoms with Crippen LogP contribution in [0.4, 0.5) is 0 Å². The molecule has 136 valence electrons. The van der Waals surface area contributed by atoms with Gasteiger partial charge in [0.25, 0.3) is 5.91 Å². The molecule has 0 aliphatic heterocycles. The van der Waals surface area contributed by atoms with E-state index in [9.17, 15) is 4.79 Å². The molecule has 1 aromatic heterocycles. The Kier molecular flexibility index (Phi) is 6.01. The predicted molar refractivity (Wildman–Crippen MR) is 106 cm³/mol. The van der Waals surface area contributed by atoms with E-state index in [1.807, 2.05) is 37.3 Å². The molecule has 3 rings (SSSR count). The van der Waals surface area contributed by atoms with Gasteiger partial charge in [0, 0.05) is 13.2 Å². The van der Waals surface area contributed by atoms with E-state index < -0.39 is 0 Å². The van der Waals surface area contributed by atoms with Crippen molar-refractivity contribution in [1.29, 1.82) is 0 Å². The van der Waals surface area contributed by atoms with E-state index in [-0.39, 0.29) is 5.91 Å². The van der Waals surface area contributed by atoms with E-state index in [1.54, 1.807) is 11.3 Å². The quantitative estimate of drug-likeness (QED) is 0.617. The van der Waals surface area contributed by atoms with E-state index in [1.165, 1.54) is 11.1 Å². The highest BCUT2D eigenvalue weighted by molar-refractivity contribution is 7.16. The predicted octanol–water partition coefficient (Wildman–Crippen LogP) is 4.03. The maximum absolute atomic E-state index is 12.5. The number of thiazole rings is 1. The largest absolute Gasteiger partial charge is 0.380 e. The van der Waals surface area contributed by atoms with Crippen molar-refractivity contribution >= 4 is 27.5 Å². The second kappa shape index (κ2) is 8.43. The van der Waals surface area contributed by atoms with Crippen molar-refractivity contribution in [3.05, 3.63) is 64.0 Å². The van der Waals surface area contributed by atoms with Gasteiger partial charge < -0.3 is 9.30 Å². The van der Waals surface area contributed by atoms with Crippen LogP contribution in [0.3, 0.4) is 0 Å². The topological polar surface area (TPSA) is 43.6 Å². The number of nitrogens with zero attached hydrogens (tertiary/aromatic N) is 2. The summed E-state index contributed by atoms with van der Waals surface area (Å²) >= 11 is 1.56. The van der Waals surface area contributed by atoms with Gasteiger partial charge in [-0.15, -0.1) is 0 Å². The van der Waals surface area contributed by atoms with Crippen molar-refractivity contribution in [2.24, 2.45) is 4.99 Å². The van der Waals surface area contributed by atoms with E-state index in [0.29, 0.717) is 26.2 Å². The van der Waals surface area contributed by atoms with Gasteiger partial charge in [-0.2, -0.15) is 4.99 Å². The summed E-state index contributed by atoms with van der Waals surface area (Å²) in [5.74, 6) is -0.124. The summed E-state index contributed by atoms with van der Waals surface area (Å²) in [4.78, 5) is 17.6. The third-order valence-electron chi connectivity index (χ3n) is 4.38. The van der Waals surface area contributed by atoms with Gasteiger partial charge in [-0.05, 0) is 49.6 Å². The van der Waals surface area contributed by atoms with Crippen LogP contribution in [-0.2, 0) is 22.5 Å². The Bertz CT molecular complexity index is 971. The van der Waals surface area contributed by atoms with Crippen LogP contribution >= 0.6 is 11.3 Å². The molecule has 0 spiro atoms. The average Bonchev–Trinajstić information content (AvgIpc) is 2.93. The number of hydrogen-bond acceptors (Lipinski definition) is 3. The van der Waals surface area contributed by atoms with Crippen LogP contribution in [0.1, 0.15) is 23.6 Å².